The van der Waals surface area contributed by atoms with Crippen LogP contribution in [0.2, 0.25) is 0 Å². The molecule has 94 valence electrons. The normalized spacial score (nSPS) is 9.06. The van der Waals surface area contributed by atoms with Crippen LogP contribution in [-0.4, -0.2) is 26.2 Å². The minimum Gasteiger partial charge on any atom is -0.465 e. The molecule has 0 aliphatic heterocycles. The third-order valence-corrected chi connectivity index (χ3v) is 2.26. The Morgan fingerprint density at radius 1 is 1.11 bits per heavy atom. The molecule has 0 unspecified atom stereocenters. The lowest BCUT2D eigenvalue weighted by Crippen LogP contribution is -2.13. The van der Waals surface area contributed by atoms with E-state index in [4.69, 9.17) is 5.73 Å². The smallest absolute Gasteiger partial charge is 0.338 e. The molecule has 0 aliphatic carbocycles. The summed E-state index contributed by atoms with van der Waals surface area (Å²) in [7, 11) is 2.45. The van der Waals surface area contributed by atoms with Crippen molar-refractivity contribution in [3.63, 3.8) is 0 Å². The molecule has 18 heavy (non-hydrogen) atoms. The van der Waals surface area contributed by atoms with Crippen molar-refractivity contribution in [2.75, 3.05) is 20.0 Å². The second-order valence-electron chi connectivity index (χ2n) is 3.34. The molecule has 0 amide bonds. The van der Waals surface area contributed by atoms with Crippen LogP contribution in [0.1, 0.15) is 33.2 Å². The van der Waals surface area contributed by atoms with Crippen LogP contribution in [0.15, 0.2) is 12.1 Å². The highest BCUT2D eigenvalue weighted by Gasteiger charge is 2.20. The number of carbonyl (C=O) groups excluding carboxylic acids is 2. The maximum Gasteiger partial charge on any atom is 0.338 e. The average Bonchev–Trinajstić information content (AvgIpc) is 2.39. The largest absolute Gasteiger partial charge is 0.465 e. The van der Waals surface area contributed by atoms with Gasteiger partial charge in [-0.15, -0.1) is 5.92 Å². The van der Waals surface area contributed by atoms with E-state index < -0.39 is 11.9 Å². The van der Waals surface area contributed by atoms with Gasteiger partial charge in [0, 0.05) is 11.3 Å². The minimum atomic E-state index is -0.655. The van der Waals surface area contributed by atoms with Crippen LogP contribution in [0.5, 0.6) is 0 Å². The van der Waals surface area contributed by atoms with Crippen LogP contribution in [0, 0.1) is 11.8 Å². The first-order valence-electron chi connectivity index (χ1n) is 5.08. The van der Waals surface area contributed by atoms with Gasteiger partial charge in [-0.25, -0.2) is 9.59 Å². The van der Waals surface area contributed by atoms with Crippen molar-refractivity contribution in [3.8, 4) is 11.8 Å². The Bertz CT molecular complexity index is 552. The maximum absolute atomic E-state index is 11.6. The third-order valence-electron chi connectivity index (χ3n) is 2.26. The summed E-state index contributed by atoms with van der Waals surface area (Å²) in [5, 5.41) is 0. The van der Waals surface area contributed by atoms with E-state index in [0.717, 1.165) is 0 Å². The highest BCUT2D eigenvalue weighted by Crippen LogP contribution is 2.20. The fourth-order valence-corrected chi connectivity index (χ4v) is 1.42. The van der Waals surface area contributed by atoms with E-state index in [9.17, 15) is 9.59 Å². The molecule has 5 heteroatoms. The quantitative estimate of drug-likeness (QED) is 0.483. The van der Waals surface area contributed by atoms with Gasteiger partial charge in [0.05, 0.1) is 25.3 Å². The Balaban J connectivity index is 3.49. The van der Waals surface area contributed by atoms with Crippen molar-refractivity contribution >= 4 is 17.6 Å². The maximum atomic E-state index is 11.6. The van der Waals surface area contributed by atoms with Crippen LogP contribution in [0.3, 0.4) is 0 Å². The molecular formula is C13H13NO4. The first-order chi connectivity index (χ1) is 8.54. The molecule has 0 saturated carbocycles. The zero-order valence-electron chi connectivity index (χ0n) is 10.4. The molecule has 0 fully saturated rings. The van der Waals surface area contributed by atoms with Gasteiger partial charge in [-0.1, -0.05) is 5.92 Å². The number of rotatable bonds is 2. The molecule has 2 N–H and O–H groups in total. The van der Waals surface area contributed by atoms with Gasteiger partial charge >= 0.3 is 11.9 Å². The summed E-state index contributed by atoms with van der Waals surface area (Å²) in [6.07, 6.45) is 0. The Labute approximate surface area is 105 Å². The number of hydrogen-bond acceptors (Lipinski definition) is 5. The molecule has 1 aromatic carbocycles. The van der Waals surface area contributed by atoms with Crippen molar-refractivity contribution in [2.24, 2.45) is 0 Å². The monoisotopic (exact) mass is 247 g/mol. The van der Waals surface area contributed by atoms with Crippen molar-refractivity contribution in [1.82, 2.24) is 0 Å². The number of nitrogens with two attached hydrogens (primary N) is 1. The fourth-order valence-electron chi connectivity index (χ4n) is 1.42. The van der Waals surface area contributed by atoms with E-state index in [0.29, 0.717) is 11.3 Å². The second kappa shape index (κ2) is 5.73. The fraction of sp³-hybridized carbons (Fsp3) is 0.231. The van der Waals surface area contributed by atoms with Gasteiger partial charge in [-0.05, 0) is 19.1 Å². The predicted molar refractivity (Wildman–Crippen MR) is 66.1 cm³/mol. The lowest BCUT2D eigenvalue weighted by atomic mass is 10.0. The van der Waals surface area contributed by atoms with E-state index in [2.05, 4.69) is 21.3 Å². The molecule has 5 nitrogen and oxygen atoms in total. The topological polar surface area (TPSA) is 78.6 Å². The number of esters is 2. The zero-order chi connectivity index (χ0) is 13.7. The molecule has 0 aliphatic rings. The Morgan fingerprint density at radius 2 is 1.61 bits per heavy atom. The lowest BCUT2D eigenvalue weighted by Gasteiger charge is -2.09. The average molecular weight is 247 g/mol. The number of benzene rings is 1. The van der Waals surface area contributed by atoms with Crippen LogP contribution >= 0.6 is 0 Å². The second-order valence-corrected chi connectivity index (χ2v) is 3.34. The summed E-state index contributed by atoms with van der Waals surface area (Å²) < 4.78 is 9.20. The van der Waals surface area contributed by atoms with Crippen LogP contribution in [-0.2, 0) is 9.47 Å². The molecular weight excluding hydrogens is 234 g/mol. The molecule has 0 heterocycles. The number of nitrogen functional groups attached to an aromatic ring is 1. The number of methoxy groups -OCH3 is 2. The molecule has 1 rings (SSSR count). The van der Waals surface area contributed by atoms with Gasteiger partial charge in [0.2, 0.25) is 0 Å². The van der Waals surface area contributed by atoms with Crippen LogP contribution < -0.4 is 5.73 Å². The van der Waals surface area contributed by atoms with Crippen molar-refractivity contribution in [1.29, 1.82) is 0 Å². The Hall–Kier alpha value is -2.48. The number of hydrogen-bond donors (Lipinski definition) is 1. The summed E-state index contributed by atoms with van der Waals surface area (Å²) >= 11 is 0. The molecule has 0 saturated heterocycles. The Morgan fingerprint density at radius 3 is 2.06 bits per heavy atom. The molecule has 0 spiro atoms. The molecule has 0 bridgehead atoms. The summed E-state index contributed by atoms with van der Waals surface area (Å²) in [5.41, 5.74) is 6.65. The number of carbonyl (C=O) groups is 2. The number of ether oxygens (including phenoxy) is 2. The molecule has 0 radical (unpaired) electrons. The van der Waals surface area contributed by atoms with Gasteiger partial charge in [0.15, 0.2) is 0 Å². The van der Waals surface area contributed by atoms with E-state index in [1.807, 2.05) is 0 Å². The molecule has 0 aromatic heterocycles. The highest BCUT2D eigenvalue weighted by molar-refractivity contribution is 6.04. The summed E-state index contributed by atoms with van der Waals surface area (Å²) in [4.78, 5) is 23.2. The van der Waals surface area contributed by atoms with Gasteiger partial charge in [-0.2, -0.15) is 0 Å². The van der Waals surface area contributed by atoms with Gasteiger partial charge in [-0.3, -0.25) is 0 Å². The highest BCUT2D eigenvalue weighted by atomic mass is 16.5. The standard InChI is InChI=1S/C13H13NO4/c1-4-5-8-6-9(12(15)17-2)10(7-11(8)14)13(16)18-3/h6-7H,14H2,1-3H3. The number of anilines is 1. The van der Waals surface area contributed by atoms with E-state index in [1.54, 1.807) is 6.92 Å². The van der Waals surface area contributed by atoms with Gasteiger partial charge in [0.1, 0.15) is 0 Å². The lowest BCUT2D eigenvalue weighted by molar-refractivity contribution is 0.0555. The predicted octanol–water partition coefficient (Wildman–Crippen LogP) is 1.21. The summed E-state index contributed by atoms with van der Waals surface area (Å²) in [6.45, 7) is 1.64. The Kier molecular flexibility index (Phi) is 4.33. The van der Waals surface area contributed by atoms with Crippen molar-refractivity contribution in [2.45, 2.75) is 6.92 Å². The van der Waals surface area contributed by atoms with E-state index in [-0.39, 0.29) is 11.1 Å². The van der Waals surface area contributed by atoms with Crippen molar-refractivity contribution < 1.29 is 19.1 Å². The third kappa shape index (κ3) is 2.61. The SMILES string of the molecule is CC#Cc1cc(C(=O)OC)c(C(=O)OC)cc1N. The zero-order valence-corrected chi connectivity index (χ0v) is 10.4. The van der Waals surface area contributed by atoms with Gasteiger partial charge < -0.3 is 15.2 Å². The van der Waals surface area contributed by atoms with Crippen LogP contribution in [0.4, 0.5) is 5.69 Å². The first kappa shape index (κ1) is 13.6. The minimum absolute atomic E-state index is 0.0588. The first-order valence-corrected chi connectivity index (χ1v) is 5.08. The molecule has 1 aromatic rings. The summed E-state index contributed by atoms with van der Waals surface area (Å²) in [6, 6.07) is 2.78. The van der Waals surface area contributed by atoms with E-state index in [1.165, 1.54) is 26.4 Å². The molecule has 0 atom stereocenters. The van der Waals surface area contributed by atoms with E-state index >= 15 is 0 Å². The van der Waals surface area contributed by atoms with Gasteiger partial charge in [0.25, 0.3) is 0 Å². The summed E-state index contributed by atoms with van der Waals surface area (Å²) in [5.74, 6) is 4.12. The van der Waals surface area contributed by atoms with Crippen molar-refractivity contribution in [3.05, 3.63) is 28.8 Å². The van der Waals surface area contributed by atoms with Crippen LogP contribution in [0.25, 0.3) is 0 Å².